The van der Waals surface area contributed by atoms with E-state index >= 15 is 0 Å². The molecule has 1 amide bonds. The van der Waals surface area contributed by atoms with E-state index < -0.39 is 88.9 Å². The summed E-state index contributed by atoms with van der Waals surface area (Å²) in [4.78, 5) is 25.0. The Morgan fingerprint density at radius 1 is 0.971 bits per heavy atom. The van der Waals surface area contributed by atoms with Gasteiger partial charge in [-0.25, -0.2) is 4.79 Å². The molecule has 0 radical (unpaired) electrons. The minimum Gasteiger partial charge on any atom is -0.410 e. The molecule has 206 valence electrons. The number of ether oxygens (including phenoxy) is 2. The highest BCUT2D eigenvalue weighted by atomic mass is 32.2. The second-order valence-electron chi connectivity index (χ2n) is 7.81. The topological polar surface area (TPSA) is 110 Å². The lowest BCUT2D eigenvalue weighted by Gasteiger charge is -2.40. The Bertz CT molecular complexity index is 882. The van der Waals surface area contributed by atoms with Gasteiger partial charge in [-0.05, 0) is 40.5 Å². The highest BCUT2D eigenvalue weighted by molar-refractivity contribution is 7.87. The number of carbonyl (C=O) groups is 2. The van der Waals surface area contributed by atoms with Crippen molar-refractivity contribution in [2.45, 2.75) is 82.2 Å². The van der Waals surface area contributed by atoms with Gasteiger partial charge in [0.1, 0.15) is 0 Å². The van der Waals surface area contributed by atoms with E-state index in [0.717, 1.165) is 0 Å². The van der Waals surface area contributed by atoms with Gasteiger partial charge in [-0.3, -0.25) is 9.35 Å². The molecule has 0 saturated heterocycles. The molecule has 1 N–H and O–H groups in total. The fraction of sp³-hybridized carbons (Fsp3) is 0.778. The van der Waals surface area contributed by atoms with Crippen LogP contribution in [-0.4, -0.2) is 71.6 Å². The lowest BCUT2D eigenvalue weighted by atomic mass is 10.1. The SMILES string of the molecule is C=C(F)C(=O)OC(OCCCCC(F)(F)C(F)(F)S(=O)(=O)O)(C(=O)N(C(C)C)C(C)C)C(F)(F)F. The van der Waals surface area contributed by atoms with Gasteiger partial charge in [-0.1, -0.05) is 6.58 Å². The van der Waals surface area contributed by atoms with Crippen molar-refractivity contribution in [2.24, 2.45) is 0 Å². The van der Waals surface area contributed by atoms with E-state index in [1.54, 1.807) is 0 Å². The average molecular weight is 551 g/mol. The van der Waals surface area contributed by atoms with Crippen molar-refractivity contribution in [1.82, 2.24) is 4.90 Å². The number of alkyl halides is 7. The van der Waals surface area contributed by atoms with Crippen LogP contribution in [-0.2, 0) is 29.2 Å². The summed E-state index contributed by atoms with van der Waals surface area (Å²) in [6, 6.07) is -1.86. The van der Waals surface area contributed by atoms with E-state index in [-0.39, 0.29) is 0 Å². The van der Waals surface area contributed by atoms with Crippen LogP contribution in [0.25, 0.3) is 0 Å². The van der Waals surface area contributed by atoms with Crippen LogP contribution >= 0.6 is 0 Å². The van der Waals surface area contributed by atoms with Crippen molar-refractivity contribution in [1.29, 1.82) is 0 Å². The monoisotopic (exact) mass is 551 g/mol. The first-order chi connectivity index (χ1) is 15.5. The molecule has 0 aromatic carbocycles. The van der Waals surface area contributed by atoms with E-state index in [9.17, 15) is 53.1 Å². The van der Waals surface area contributed by atoms with Crippen LogP contribution in [0.2, 0.25) is 0 Å². The van der Waals surface area contributed by atoms with E-state index in [1.807, 2.05) is 0 Å². The Morgan fingerprint density at radius 3 is 1.77 bits per heavy atom. The van der Waals surface area contributed by atoms with E-state index in [4.69, 9.17) is 4.55 Å². The first kappa shape index (κ1) is 33.0. The third kappa shape index (κ3) is 7.49. The molecule has 0 aliphatic rings. The maximum Gasteiger partial charge on any atom is 0.466 e. The number of unbranched alkanes of at least 4 members (excludes halogenated alkanes) is 1. The molecular formula is C18H25F8NO7S. The number of hydrogen-bond donors (Lipinski definition) is 1. The van der Waals surface area contributed by atoms with Crippen molar-refractivity contribution >= 4 is 22.0 Å². The zero-order chi connectivity index (χ0) is 28.2. The standard InChI is InChI=1S/C18H25F8NO7S/c1-10(2)27(11(3)4)14(29)16(17(22,23)24,34-13(28)12(5)19)33-9-7-6-8-15(20,21)18(25,26)35(30,31)32/h10-11H,5-9H2,1-4H3,(H,30,31,32). The Kier molecular flexibility index (Phi) is 10.7. The molecule has 8 nitrogen and oxygen atoms in total. The lowest BCUT2D eigenvalue weighted by Crippen LogP contribution is -2.64. The molecule has 0 aromatic rings. The summed E-state index contributed by atoms with van der Waals surface area (Å²) in [7, 11) is -6.52. The molecule has 35 heavy (non-hydrogen) atoms. The van der Waals surface area contributed by atoms with Crippen LogP contribution in [0.5, 0.6) is 0 Å². The zero-order valence-corrected chi connectivity index (χ0v) is 19.8. The van der Waals surface area contributed by atoms with Crippen molar-refractivity contribution in [3.63, 3.8) is 0 Å². The van der Waals surface area contributed by atoms with Gasteiger partial charge in [0.05, 0.1) is 6.61 Å². The number of hydrogen-bond acceptors (Lipinski definition) is 6. The van der Waals surface area contributed by atoms with Gasteiger partial charge < -0.3 is 14.4 Å². The lowest BCUT2D eigenvalue weighted by molar-refractivity contribution is -0.351. The summed E-state index contributed by atoms with van der Waals surface area (Å²) in [6.45, 7) is 6.34. The molecule has 0 heterocycles. The molecule has 17 heteroatoms. The Balaban J connectivity index is 5.95. The predicted octanol–water partition coefficient (Wildman–Crippen LogP) is 4.22. The summed E-state index contributed by atoms with van der Waals surface area (Å²) in [5, 5.41) is -5.89. The first-order valence-corrected chi connectivity index (χ1v) is 11.2. The highest BCUT2D eigenvalue weighted by Gasteiger charge is 2.68. The van der Waals surface area contributed by atoms with Gasteiger partial charge >= 0.3 is 45.1 Å². The van der Waals surface area contributed by atoms with E-state index in [1.165, 1.54) is 27.7 Å². The third-order valence-electron chi connectivity index (χ3n) is 4.40. The number of esters is 1. The van der Waals surface area contributed by atoms with Crippen LogP contribution < -0.4 is 0 Å². The van der Waals surface area contributed by atoms with Gasteiger partial charge in [0.25, 0.3) is 0 Å². The molecule has 0 bridgehead atoms. The molecule has 1 unspecified atom stereocenters. The fourth-order valence-corrected chi connectivity index (χ4v) is 3.30. The van der Waals surface area contributed by atoms with Gasteiger partial charge in [-0.15, -0.1) is 0 Å². The van der Waals surface area contributed by atoms with Crippen molar-refractivity contribution in [3.05, 3.63) is 12.4 Å². The van der Waals surface area contributed by atoms with Crippen LogP contribution in [0, 0.1) is 0 Å². The molecule has 0 saturated carbocycles. The molecule has 0 aromatic heterocycles. The van der Waals surface area contributed by atoms with Gasteiger partial charge in [-0.2, -0.15) is 43.5 Å². The van der Waals surface area contributed by atoms with Crippen LogP contribution in [0.4, 0.5) is 35.1 Å². The number of rotatable bonds is 13. The molecule has 0 fully saturated rings. The fourth-order valence-electron chi connectivity index (χ4n) is 2.82. The maximum atomic E-state index is 14.0. The number of carbonyl (C=O) groups excluding carboxylic acids is 2. The molecule has 0 aliphatic heterocycles. The van der Waals surface area contributed by atoms with Crippen molar-refractivity contribution < 1.29 is 67.2 Å². The summed E-state index contributed by atoms with van der Waals surface area (Å²) in [6.07, 6.45) is -9.78. The second-order valence-corrected chi connectivity index (χ2v) is 9.27. The van der Waals surface area contributed by atoms with Crippen LogP contribution in [0.15, 0.2) is 12.4 Å². The molecular weight excluding hydrogens is 526 g/mol. The number of nitrogens with zero attached hydrogens (tertiary/aromatic N) is 1. The number of amides is 1. The molecule has 1 atom stereocenters. The van der Waals surface area contributed by atoms with Gasteiger partial charge in [0.2, 0.25) is 5.83 Å². The molecule has 0 spiro atoms. The van der Waals surface area contributed by atoms with Crippen molar-refractivity contribution in [2.75, 3.05) is 6.61 Å². The zero-order valence-electron chi connectivity index (χ0n) is 19.0. The molecule has 0 aliphatic carbocycles. The summed E-state index contributed by atoms with van der Waals surface area (Å²) in [5.74, 6) is -16.1. The normalized spacial score (nSPS) is 15.2. The van der Waals surface area contributed by atoms with Crippen LogP contribution in [0.1, 0.15) is 47.0 Å². The van der Waals surface area contributed by atoms with E-state index in [0.29, 0.717) is 4.90 Å². The maximum absolute atomic E-state index is 14.0. The van der Waals surface area contributed by atoms with Gasteiger partial charge in [0.15, 0.2) is 0 Å². The quantitative estimate of drug-likeness (QED) is 0.0912. The second kappa shape index (κ2) is 11.4. The molecule has 0 rings (SSSR count). The number of halogens is 8. The third-order valence-corrected chi connectivity index (χ3v) is 5.35. The summed E-state index contributed by atoms with van der Waals surface area (Å²) >= 11 is 0. The smallest absolute Gasteiger partial charge is 0.410 e. The largest absolute Gasteiger partial charge is 0.466 e. The Labute approximate surface area is 196 Å². The van der Waals surface area contributed by atoms with Gasteiger partial charge in [0, 0.05) is 18.5 Å². The minimum atomic E-state index is -6.52. The summed E-state index contributed by atoms with van der Waals surface area (Å²) in [5.41, 5.74) is 0. The van der Waals surface area contributed by atoms with Crippen molar-refractivity contribution in [3.8, 4) is 0 Å². The first-order valence-electron chi connectivity index (χ1n) is 9.80. The Hall–Kier alpha value is -2.01. The van der Waals surface area contributed by atoms with E-state index in [2.05, 4.69) is 16.1 Å². The predicted molar refractivity (Wildman–Crippen MR) is 103 cm³/mol. The average Bonchev–Trinajstić information content (AvgIpc) is 2.63. The highest BCUT2D eigenvalue weighted by Crippen LogP contribution is 2.42. The minimum absolute atomic E-state index is 0.586. The Morgan fingerprint density at radius 2 is 1.43 bits per heavy atom. The van der Waals surface area contributed by atoms with Crippen LogP contribution in [0.3, 0.4) is 0 Å². The summed E-state index contributed by atoms with van der Waals surface area (Å²) < 4.78 is 146.